The molecule has 0 fully saturated rings. The fraction of sp³-hybridized carbons (Fsp3) is 0.133. The van der Waals surface area contributed by atoms with E-state index < -0.39 is 17.3 Å². The normalized spacial score (nSPS) is 24.5. The third-order valence-electron chi connectivity index (χ3n) is 6.97. The van der Waals surface area contributed by atoms with Gasteiger partial charge in [-0.15, -0.1) is 0 Å². The Morgan fingerprint density at radius 2 is 1.61 bits per heavy atom. The van der Waals surface area contributed by atoms with Gasteiger partial charge in [0.05, 0.1) is 5.41 Å². The van der Waals surface area contributed by atoms with Crippen molar-refractivity contribution in [1.29, 1.82) is 0 Å². The number of fused-ring (bicyclic) bond motifs is 1. The van der Waals surface area contributed by atoms with E-state index in [4.69, 9.17) is 0 Å². The first-order valence-electron chi connectivity index (χ1n) is 11.1. The first-order chi connectivity index (χ1) is 16.1. The van der Waals surface area contributed by atoms with Crippen LogP contribution in [-0.2, 0) is 15.0 Å². The van der Waals surface area contributed by atoms with E-state index in [-0.39, 0.29) is 17.3 Å². The zero-order valence-electron chi connectivity index (χ0n) is 18.1. The third-order valence-corrected chi connectivity index (χ3v) is 6.97. The van der Waals surface area contributed by atoms with Gasteiger partial charge in [0, 0.05) is 17.4 Å². The summed E-state index contributed by atoms with van der Waals surface area (Å²) < 4.78 is 0. The summed E-state index contributed by atoms with van der Waals surface area (Å²) in [6.45, 7) is 4.01. The molecule has 0 unspecified atom stereocenters. The zero-order valence-corrected chi connectivity index (χ0v) is 18.1. The lowest BCUT2D eigenvalue weighted by Gasteiger charge is -2.49. The SMILES string of the molecule is C=CC1=CC[C@H]2C(=O)C(c3ccccc3)=CC(=O)[C@@]2(c2ccccc2)[C@H]1c1cccc(O)c1. The highest BCUT2D eigenvalue weighted by Crippen LogP contribution is 2.57. The van der Waals surface area contributed by atoms with Crippen molar-refractivity contribution in [2.75, 3.05) is 0 Å². The van der Waals surface area contributed by atoms with Crippen molar-refractivity contribution in [3.63, 3.8) is 0 Å². The fourth-order valence-corrected chi connectivity index (χ4v) is 5.59. The van der Waals surface area contributed by atoms with Crippen LogP contribution in [0.4, 0.5) is 0 Å². The Morgan fingerprint density at radius 1 is 0.909 bits per heavy atom. The minimum Gasteiger partial charge on any atom is -0.508 e. The molecular formula is C30H24O3. The smallest absolute Gasteiger partial charge is 0.168 e. The maximum absolute atomic E-state index is 14.3. The Hall–Kier alpha value is -3.98. The number of allylic oxidation sites excluding steroid dienone is 5. The van der Waals surface area contributed by atoms with Gasteiger partial charge in [0.1, 0.15) is 5.75 Å². The van der Waals surface area contributed by atoms with Crippen molar-refractivity contribution in [3.8, 4) is 5.75 Å². The summed E-state index contributed by atoms with van der Waals surface area (Å²) in [5.74, 6) is -1.03. The molecule has 162 valence electrons. The second-order valence-electron chi connectivity index (χ2n) is 8.61. The molecule has 3 nitrogen and oxygen atoms in total. The molecule has 2 aliphatic carbocycles. The molecule has 5 rings (SSSR count). The highest BCUT2D eigenvalue weighted by Gasteiger charge is 2.59. The summed E-state index contributed by atoms with van der Waals surface area (Å²) in [4.78, 5) is 28.3. The first kappa shape index (κ1) is 20.9. The zero-order chi connectivity index (χ0) is 23.0. The van der Waals surface area contributed by atoms with E-state index in [1.807, 2.05) is 72.8 Å². The van der Waals surface area contributed by atoms with Gasteiger partial charge in [-0.1, -0.05) is 91.5 Å². The van der Waals surface area contributed by atoms with Crippen LogP contribution in [0.25, 0.3) is 5.57 Å². The van der Waals surface area contributed by atoms with Crippen molar-refractivity contribution in [1.82, 2.24) is 0 Å². The van der Waals surface area contributed by atoms with Crippen LogP contribution < -0.4 is 0 Å². The summed E-state index contributed by atoms with van der Waals surface area (Å²) in [6, 6.07) is 25.9. The molecule has 0 amide bonds. The van der Waals surface area contributed by atoms with Gasteiger partial charge < -0.3 is 5.11 Å². The number of benzene rings is 3. The molecule has 0 radical (unpaired) electrons. The number of rotatable bonds is 4. The van der Waals surface area contributed by atoms with Crippen LogP contribution in [0.1, 0.15) is 29.0 Å². The molecule has 3 heteroatoms. The van der Waals surface area contributed by atoms with Crippen LogP contribution >= 0.6 is 0 Å². The summed E-state index contributed by atoms with van der Waals surface area (Å²) in [6.07, 6.45) is 5.76. The maximum Gasteiger partial charge on any atom is 0.168 e. The molecule has 0 heterocycles. The molecule has 3 aromatic rings. The average Bonchev–Trinajstić information content (AvgIpc) is 2.86. The lowest BCUT2D eigenvalue weighted by molar-refractivity contribution is -0.131. The minimum absolute atomic E-state index is 0.0332. The standard InChI is InChI=1S/C30H24O3/c1-2-20-16-17-26-29(33)25(21-10-5-3-6-11-21)19-27(32)30(26,23-13-7-4-8-14-23)28(20)22-12-9-15-24(31)18-22/h2-16,18-19,26,28,31H,1,17H2/t26-,28+,30-/m0/s1. The number of phenolic OH excluding ortho intramolecular Hbond substituents is 1. The second kappa shape index (κ2) is 8.18. The van der Waals surface area contributed by atoms with E-state index in [1.165, 1.54) is 6.08 Å². The molecule has 0 saturated heterocycles. The van der Waals surface area contributed by atoms with Gasteiger partial charge in [-0.05, 0) is 46.9 Å². The first-order valence-corrected chi connectivity index (χ1v) is 11.1. The van der Waals surface area contributed by atoms with E-state index in [0.29, 0.717) is 12.0 Å². The molecule has 0 spiro atoms. The fourth-order valence-electron chi connectivity index (χ4n) is 5.59. The van der Waals surface area contributed by atoms with Gasteiger partial charge in [-0.2, -0.15) is 0 Å². The number of aromatic hydroxyl groups is 1. The molecular weight excluding hydrogens is 408 g/mol. The summed E-state index contributed by atoms with van der Waals surface area (Å²) in [5, 5.41) is 10.3. The van der Waals surface area contributed by atoms with E-state index in [2.05, 4.69) is 6.58 Å². The van der Waals surface area contributed by atoms with Crippen LogP contribution in [0.15, 0.2) is 115 Å². The topological polar surface area (TPSA) is 54.4 Å². The quantitative estimate of drug-likeness (QED) is 0.568. The van der Waals surface area contributed by atoms with Crippen LogP contribution in [0.5, 0.6) is 5.75 Å². The van der Waals surface area contributed by atoms with Gasteiger partial charge in [0.25, 0.3) is 0 Å². The van der Waals surface area contributed by atoms with Crippen molar-refractivity contribution in [2.45, 2.75) is 17.8 Å². The molecule has 0 saturated carbocycles. The molecule has 1 N–H and O–H groups in total. The Labute approximate surface area is 193 Å². The van der Waals surface area contributed by atoms with E-state index in [9.17, 15) is 14.7 Å². The number of carbonyl (C=O) groups excluding carboxylic acids is 2. The molecule has 2 aliphatic rings. The van der Waals surface area contributed by atoms with E-state index in [1.54, 1.807) is 24.3 Å². The number of phenols is 1. The summed E-state index contributed by atoms with van der Waals surface area (Å²) in [5.41, 5.74) is 2.57. The highest BCUT2D eigenvalue weighted by molar-refractivity contribution is 6.31. The monoisotopic (exact) mass is 432 g/mol. The van der Waals surface area contributed by atoms with Gasteiger partial charge >= 0.3 is 0 Å². The molecule has 33 heavy (non-hydrogen) atoms. The number of ketones is 2. The predicted molar refractivity (Wildman–Crippen MR) is 130 cm³/mol. The molecule has 3 aromatic carbocycles. The van der Waals surface area contributed by atoms with Gasteiger partial charge in [0.15, 0.2) is 11.6 Å². The highest BCUT2D eigenvalue weighted by atomic mass is 16.3. The van der Waals surface area contributed by atoms with Crippen molar-refractivity contribution in [3.05, 3.63) is 132 Å². The summed E-state index contributed by atoms with van der Waals surface area (Å²) >= 11 is 0. The Kier molecular flexibility index (Phi) is 5.18. The molecule has 3 atom stereocenters. The number of hydrogen-bond acceptors (Lipinski definition) is 3. The van der Waals surface area contributed by atoms with Crippen molar-refractivity contribution in [2.24, 2.45) is 5.92 Å². The number of Topliss-reactive ketones (excluding diaryl/α,β-unsaturated/α-hetero) is 1. The lowest BCUT2D eigenvalue weighted by Crippen LogP contribution is -2.54. The average molecular weight is 433 g/mol. The second-order valence-corrected chi connectivity index (χ2v) is 8.61. The van der Waals surface area contributed by atoms with Crippen molar-refractivity contribution < 1.29 is 14.7 Å². The maximum atomic E-state index is 14.3. The largest absolute Gasteiger partial charge is 0.508 e. The van der Waals surface area contributed by atoms with Crippen LogP contribution in [-0.4, -0.2) is 16.7 Å². The Balaban J connectivity index is 1.82. The van der Waals surface area contributed by atoms with Crippen LogP contribution in [0.2, 0.25) is 0 Å². The number of carbonyl (C=O) groups is 2. The lowest BCUT2D eigenvalue weighted by atomic mass is 9.50. The van der Waals surface area contributed by atoms with Crippen LogP contribution in [0.3, 0.4) is 0 Å². The van der Waals surface area contributed by atoms with Crippen molar-refractivity contribution >= 4 is 17.1 Å². The molecule has 0 bridgehead atoms. The summed E-state index contributed by atoms with van der Waals surface area (Å²) in [7, 11) is 0. The third kappa shape index (κ3) is 3.20. The Morgan fingerprint density at radius 3 is 2.27 bits per heavy atom. The molecule has 0 aromatic heterocycles. The van der Waals surface area contributed by atoms with E-state index >= 15 is 0 Å². The Bertz CT molecular complexity index is 1300. The van der Waals surface area contributed by atoms with Gasteiger partial charge in [-0.25, -0.2) is 0 Å². The van der Waals surface area contributed by atoms with Gasteiger partial charge in [-0.3, -0.25) is 9.59 Å². The predicted octanol–water partition coefficient (Wildman–Crippen LogP) is 5.78. The van der Waals surface area contributed by atoms with E-state index in [0.717, 1.165) is 22.3 Å². The van der Waals surface area contributed by atoms with Gasteiger partial charge in [0.2, 0.25) is 0 Å². The minimum atomic E-state index is -1.12. The molecule has 0 aliphatic heterocycles. The number of hydrogen-bond donors (Lipinski definition) is 1. The van der Waals surface area contributed by atoms with Crippen LogP contribution in [0, 0.1) is 5.92 Å².